The highest BCUT2D eigenvalue weighted by atomic mass is 16.5. The maximum Gasteiger partial charge on any atom is 0.311 e. The van der Waals surface area contributed by atoms with Gasteiger partial charge in [0.25, 0.3) is 0 Å². The number of hydrogen-bond acceptors (Lipinski definition) is 4. The summed E-state index contributed by atoms with van der Waals surface area (Å²) in [5.74, 6) is -1.59. The largest absolute Gasteiger partial charge is 0.460 e. The average Bonchev–Trinajstić information content (AvgIpc) is 3.20. The standard InChI is InChI=1S/C35H41NO4/c1-6-26(27-18-12-8-13-19-27)22-29-30(32(38)36(31(29)37)28-20-14-9-15-21-28)34(2,3)24-35(4,5)33(39)40-23-25-16-10-7-11-17-25/h7-21,26,29-30H,6,22-24H2,1-5H3. The lowest BCUT2D eigenvalue weighted by Gasteiger charge is -2.39. The monoisotopic (exact) mass is 539 g/mol. The molecular weight excluding hydrogens is 498 g/mol. The van der Waals surface area contributed by atoms with Gasteiger partial charge in [0.1, 0.15) is 6.61 Å². The van der Waals surface area contributed by atoms with E-state index in [9.17, 15) is 14.4 Å². The van der Waals surface area contributed by atoms with Crippen molar-refractivity contribution in [1.29, 1.82) is 0 Å². The van der Waals surface area contributed by atoms with Crippen molar-refractivity contribution in [1.82, 2.24) is 0 Å². The van der Waals surface area contributed by atoms with Gasteiger partial charge in [0.05, 0.1) is 22.9 Å². The molecule has 5 heteroatoms. The molecular formula is C35H41NO4. The van der Waals surface area contributed by atoms with Crippen LogP contribution in [0.25, 0.3) is 0 Å². The molecule has 210 valence electrons. The van der Waals surface area contributed by atoms with Crippen molar-refractivity contribution >= 4 is 23.5 Å². The number of ether oxygens (including phenoxy) is 1. The Balaban J connectivity index is 1.62. The van der Waals surface area contributed by atoms with E-state index in [0.29, 0.717) is 18.5 Å². The van der Waals surface area contributed by atoms with E-state index < -0.39 is 22.7 Å². The van der Waals surface area contributed by atoms with Crippen molar-refractivity contribution in [2.45, 2.75) is 66.4 Å². The van der Waals surface area contributed by atoms with E-state index in [4.69, 9.17) is 4.74 Å². The zero-order chi connectivity index (χ0) is 28.9. The molecule has 1 aliphatic heterocycles. The van der Waals surface area contributed by atoms with E-state index >= 15 is 0 Å². The first-order chi connectivity index (χ1) is 19.0. The molecule has 1 saturated heterocycles. The molecule has 0 aliphatic carbocycles. The number of para-hydroxylation sites is 1. The van der Waals surface area contributed by atoms with E-state index in [-0.39, 0.29) is 30.3 Å². The molecule has 3 aromatic rings. The van der Waals surface area contributed by atoms with Crippen LogP contribution in [0.5, 0.6) is 0 Å². The minimum atomic E-state index is -0.851. The summed E-state index contributed by atoms with van der Waals surface area (Å²) in [6, 6.07) is 29.0. The molecule has 1 aliphatic rings. The molecule has 2 amide bonds. The van der Waals surface area contributed by atoms with Crippen LogP contribution in [0.3, 0.4) is 0 Å². The van der Waals surface area contributed by atoms with Gasteiger partial charge in [-0.3, -0.25) is 19.3 Å². The Morgan fingerprint density at radius 3 is 1.95 bits per heavy atom. The minimum Gasteiger partial charge on any atom is -0.460 e. The molecule has 0 saturated carbocycles. The second kappa shape index (κ2) is 12.2. The Hall–Kier alpha value is -3.73. The number of benzene rings is 3. The second-order valence-corrected chi connectivity index (χ2v) is 12.3. The highest BCUT2D eigenvalue weighted by Crippen LogP contribution is 2.50. The molecule has 0 bridgehead atoms. The fourth-order valence-electron chi connectivity index (χ4n) is 6.49. The number of rotatable bonds is 11. The van der Waals surface area contributed by atoms with E-state index in [1.807, 2.05) is 107 Å². The van der Waals surface area contributed by atoms with Crippen LogP contribution >= 0.6 is 0 Å². The third-order valence-electron chi connectivity index (χ3n) is 8.25. The van der Waals surface area contributed by atoms with E-state index in [1.54, 1.807) is 0 Å². The fourth-order valence-corrected chi connectivity index (χ4v) is 6.49. The normalized spacial score (nSPS) is 18.6. The Morgan fingerprint density at radius 2 is 1.38 bits per heavy atom. The van der Waals surface area contributed by atoms with E-state index in [2.05, 4.69) is 19.1 Å². The van der Waals surface area contributed by atoms with Crippen LogP contribution in [0.15, 0.2) is 91.0 Å². The molecule has 3 unspecified atom stereocenters. The van der Waals surface area contributed by atoms with Gasteiger partial charge in [-0.1, -0.05) is 99.6 Å². The van der Waals surface area contributed by atoms with E-state index in [1.165, 1.54) is 10.5 Å². The summed E-state index contributed by atoms with van der Waals surface area (Å²) < 4.78 is 5.71. The van der Waals surface area contributed by atoms with Gasteiger partial charge < -0.3 is 4.74 Å². The lowest BCUT2D eigenvalue weighted by molar-refractivity contribution is -0.158. The first kappa shape index (κ1) is 29.3. The quantitative estimate of drug-likeness (QED) is 0.186. The van der Waals surface area contributed by atoms with Crippen LogP contribution in [-0.4, -0.2) is 17.8 Å². The maximum atomic E-state index is 14.1. The zero-order valence-electron chi connectivity index (χ0n) is 24.3. The minimum absolute atomic E-state index is 0.140. The summed E-state index contributed by atoms with van der Waals surface area (Å²) in [6.07, 6.45) is 1.83. The van der Waals surface area contributed by atoms with Crippen LogP contribution in [0.4, 0.5) is 5.69 Å². The summed E-state index contributed by atoms with van der Waals surface area (Å²) in [5.41, 5.74) is 1.19. The average molecular weight is 540 g/mol. The SMILES string of the molecule is CCC(CC1C(=O)N(c2ccccc2)C(=O)C1C(C)(C)CC(C)(C)C(=O)OCc1ccccc1)c1ccccc1. The molecule has 0 N–H and O–H groups in total. The van der Waals surface area contributed by atoms with Crippen LogP contribution < -0.4 is 4.90 Å². The smallest absolute Gasteiger partial charge is 0.311 e. The first-order valence-electron chi connectivity index (χ1n) is 14.2. The van der Waals surface area contributed by atoms with Crippen molar-refractivity contribution in [3.05, 3.63) is 102 Å². The summed E-state index contributed by atoms with van der Waals surface area (Å²) in [7, 11) is 0. The van der Waals surface area contributed by atoms with Gasteiger partial charge in [-0.05, 0) is 67.7 Å². The van der Waals surface area contributed by atoms with Crippen LogP contribution in [0, 0.1) is 22.7 Å². The van der Waals surface area contributed by atoms with Crippen LogP contribution in [0.2, 0.25) is 0 Å². The van der Waals surface area contributed by atoms with E-state index in [0.717, 1.165) is 12.0 Å². The Labute approximate surface area is 238 Å². The number of amides is 2. The van der Waals surface area contributed by atoms with Gasteiger partial charge in [-0.15, -0.1) is 0 Å². The first-order valence-corrected chi connectivity index (χ1v) is 14.2. The zero-order valence-corrected chi connectivity index (χ0v) is 24.3. The molecule has 0 radical (unpaired) electrons. The number of carbonyl (C=O) groups is 3. The molecule has 1 heterocycles. The van der Waals surface area contributed by atoms with Gasteiger partial charge in [0.15, 0.2) is 0 Å². The number of imide groups is 1. The molecule has 3 atom stereocenters. The summed E-state index contributed by atoms with van der Waals surface area (Å²) in [4.78, 5) is 42.8. The lowest BCUT2D eigenvalue weighted by atomic mass is 9.63. The van der Waals surface area contributed by atoms with Crippen LogP contribution in [-0.2, 0) is 25.7 Å². The number of esters is 1. The highest BCUT2D eigenvalue weighted by Gasteiger charge is 2.56. The van der Waals surface area contributed by atoms with Gasteiger partial charge in [0.2, 0.25) is 11.8 Å². The number of anilines is 1. The molecule has 3 aromatic carbocycles. The highest BCUT2D eigenvalue weighted by molar-refractivity contribution is 6.22. The Bertz CT molecular complexity index is 1300. The predicted octanol–water partition coefficient (Wildman–Crippen LogP) is 7.56. The van der Waals surface area contributed by atoms with Crippen molar-refractivity contribution < 1.29 is 19.1 Å². The molecule has 5 nitrogen and oxygen atoms in total. The topological polar surface area (TPSA) is 63.7 Å². The number of hydrogen-bond donors (Lipinski definition) is 0. The Kier molecular flexibility index (Phi) is 8.92. The third-order valence-corrected chi connectivity index (χ3v) is 8.25. The molecule has 1 fully saturated rings. The maximum absolute atomic E-state index is 14.1. The summed E-state index contributed by atoms with van der Waals surface area (Å²) in [5, 5.41) is 0. The third kappa shape index (κ3) is 6.35. The predicted molar refractivity (Wildman–Crippen MR) is 158 cm³/mol. The number of nitrogens with zero attached hydrogens (tertiary/aromatic N) is 1. The summed E-state index contributed by atoms with van der Waals surface area (Å²) in [6.45, 7) is 10.1. The molecule has 40 heavy (non-hydrogen) atoms. The molecule has 0 spiro atoms. The van der Waals surface area contributed by atoms with Gasteiger partial charge >= 0.3 is 5.97 Å². The lowest BCUT2D eigenvalue weighted by Crippen LogP contribution is -2.41. The van der Waals surface area contributed by atoms with Gasteiger partial charge in [0, 0.05) is 0 Å². The fraction of sp³-hybridized carbons (Fsp3) is 0.400. The van der Waals surface area contributed by atoms with Gasteiger partial charge in [-0.25, -0.2) is 0 Å². The second-order valence-electron chi connectivity index (χ2n) is 12.3. The van der Waals surface area contributed by atoms with Crippen molar-refractivity contribution in [3.63, 3.8) is 0 Å². The van der Waals surface area contributed by atoms with Crippen molar-refractivity contribution in [2.24, 2.45) is 22.7 Å². The van der Waals surface area contributed by atoms with Gasteiger partial charge in [-0.2, -0.15) is 0 Å². The van der Waals surface area contributed by atoms with Crippen molar-refractivity contribution in [2.75, 3.05) is 4.90 Å². The van der Waals surface area contributed by atoms with Crippen molar-refractivity contribution in [3.8, 4) is 0 Å². The molecule has 0 aromatic heterocycles. The Morgan fingerprint density at radius 1 is 0.825 bits per heavy atom. The molecule has 4 rings (SSSR count). The van der Waals surface area contributed by atoms with Crippen LogP contribution in [0.1, 0.15) is 70.9 Å². The summed E-state index contributed by atoms with van der Waals surface area (Å²) >= 11 is 0. The number of carbonyl (C=O) groups excluding carboxylic acids is 3.